The summed E-state index contributed by atoms with van der Waals surface area (Å²) in [4.78, 5) is 21.4. The van der Waals surface area contributed by atoms with E-state index in [4.69, 9.17) is 5.11 Å². The summed E-state index contributed by atoms with van der Waals surface area (Å²) in [6, 6.07) is 0. The molecule has 0 saturated heterocycles. The summed E-state index contributed by atoms with van der Waals surface area (Å²) in [5.41, 5.74) is 0. The third-order valence-electron chi connectivity index (χ3n) is 1.90. The van der Waals surface area contributed by atoms with Crippen LogP contribution >= 0.6 is 0 Å². The predicted octanol–water partition coefficient (Wildman–Crippen LogP) is 0.436. The van der Waals surface area contributed by atoms with E-state index in [1.165, 1.54) is 13.2 Å². The summed E-state index contributed by atoms with van der Waals surface area (Å²) >= 11 is 0. The number of ether oxygens (including phenoxy) is 1. The number of carbonyl (C=O) groups is 2. The Bertz CT molecular complexity index is 231. The quantitative estimate of drug-likeness (QED) is 0.482. The number of hydrogen-bond donors (Lipinski definition) is 1. The lowest BCUT2D eigenvalue weighted by Crippen LogP contribution is -2.16. The van der Waals surface area contributed by atoms with Crippen molar-refractivity contribution in [3.8, 4) is 0 Å². The number of esters is 1. The Balaban J connectivity index is 2.53. The van der Waals surface area contributed by atoms with Crippen LogP contribution < -0.4 is 0 Å². The Labute approximate surface area is 69.8 Å². The third kappa shape index (κ3) is 1.64. The van der Waals surface area contributed by atoms with E-state index in [2.05, 4.69) is 4.74 Å². The largest absolute Gasteiger partial charge is 0.481 e. The first-order chi connectivity index (χ1) is 5.65. The fraction of sp³-hybridized carbons (Fsp3) is 0.500. The average Bonchev–Trinajstić information content (AvgIpc) is 2.51. The van der Waals surface area contributed by atoms with Crippen LogP contribution in [0.25, 0.3) is 0 Å². The molecule has 0 spiro atoms. The summed E-state index contributed by atoms with van der Waals surface area (Å²) in [7, 11) is 1.30. The molecule has 1 N–H and O–H groups in total. The molecule has 0 aliphatic heterocycles. The zero-order chi connectivity index (χ0) is 9.14. The molecule has 0 amide bonds. The molecule has 0 saturated carbocycles. The van der Waals surface area contributed by atoms with Crippen LogP contribution in [0.5, 0.6) is 0 Å². The fourth-order valence-corrected chi connectivity index (χ4v) is 1.21. The summed E-state index contributed by atoms with van der Waals surface area (Å²) in [5, 5.41) is 8.58. The Morgan fingerprint density at radius 3 is 2.42 bits per heavy atom. The fourth-order valence-electron chi connectivity index (χ4n) is 1.21. The summed E-state index contributed by atoms with van der Waals surface area (Å²) < 4.78 is 4.48. The van der Waals surface area contributed by atoms with Crippen LogP contribution in [0, 0.1) is 11.8 Å². The maximum atomic E-state index is 10.9. The van der Waals surface area contributed by atoms with Crippen molar-refractivity contribution in [3.05, 3.63) is 12.2 Å². The molecule has 1 aliphatic carbocycles. The van der Waals surface area contributed by atoms with Gasteiger partial charge in [-0.15, -0.1) is 0 Å². The van der Waals surface area contributed by atoms with Gasteiger partial charge in [-0.2, -0.15) is 0 Å². The van der Waals surface area contributed by atoms with Crippen molar-refractivity contribution >= 4 is 11.9 Å². The minimum atomic E-state index is -0.891. The number of carbonyl (C=O) groups excluding carboxylic acids is 1. The van der Waals surface area contributed by atoms with Gasteiger partial charge in [0, 0.05) is 0 Å². The number of carboxylic acids is 1. The first-order valence-electron chi connectivity index (χ1n) is 3.64. The van der Waals surface area contributed by atoms with Crippen LogP contribution in [0.15, 0.2) is 12.2 Å². The van der Waals surface area contributed by atoms with Crippen molar-refractivity contribution < 1.29 is 19.4 Å². The van der Waals surface area contributed by atoms with Gasteiger partial charge in [0.25, 0.3) is 0 Å². The molecule has 0 heterocycles. The number of methoxy groups -OCH3 is 1. The van der Waals surface area contributed by atoms with E-state index in [9.17, 15) is 9.59 Å². The molecular formula is C8H10O4. The van der Waals surface area contributed by atoms with Crippen molar-refractivity contribution in [3.63, 3.8) is 0 Å². The molecule has 4 nitrogen and oxygen atoms in total. The van der Waals surface area contributed by atoms with E-state index in [0.29, 0.717) is 6.42 Å². The highest BCUT2D eigenvalue weighted by atomic mass is 16.5. The minimum Gasteiger partial charge on any atom is -0.481 e. The first-order valence-corrected chi connectivity index (χ1v) is 3.64. The van der Waals surface area contributed by atoms with Gasteiger partial charge in [-0.3, -0.25) is 9.59 Å². The molecule has 4 heteroatoms. The van der Waals surface area contributed by atoms with Crippen molar-refractivity contribution in [1.29, 1.82) is 0 Å². The van der Waals surface area contributed by atoms with E-state index in [1.54, 1.807) is 6.08 Å². The molecule has 0 aromatic carbocycles. The molecule has 0 unspecified atom stereocenters. The van der Waals surface area contributed by atoms with Gasteiger partial charge in [0.2, 0.25) is 0 Å². The third-order valence-corrected chi connectivity index (χ3v) is 1.90. The van der Waals surface area contributed by atoms with Crippen LogP contribution in [-0.2, 0) is 14.3 Å². The highest BCUT2D eigenvalue weighted by Gasteiger charge is 2.29. The maximum absolute atomic E-state index is 10.9. The SMILES string of the molecule is COC(=O)[C@@H]1C=C[C@H](C(=O)O)C1. The average molecular weight is 170 g/mol. The predicted molar refractivity (Wildman–Crippen MR) is 40.4 cm³/mol. The van der Waals surface area contributed by atoms with Crippen LogP contribution in [0.3, 0.4) is 0 Å². The molecule has 2 atom stereocenters. The second kappa shape index (κ2) is 3.38. The number of rotatable bonds is 2. The molecule has 12 heavy (non-hydrogen) atoms. The summed E-state index contributed by atoms with van der Waals surface area (Å²) in [6.45, 7) is 0. The van der Waals surface area contributed by atoms with Crippen LogP contribution in [0.4, 0.5) is 0 Å². The normalized spacial score (nSPS) is 27.1. The second-order valence-electron chi connectivity index (χ2n) is 2.69. The van der Waals surface area contributed by atoms with Gasteiger partial charge < -0.3 is 9.84 Å². The van der Waals surface area contributed by atoms with Gasteiger partial charge in [0.1, 0.15) is 0 Å². The minimum absolute atomic E-state index is 0.321. The lowest BCUT2D eigenvalue weighted by molar-refractivity contribution is -0.144. The van der Waals surface area contributed by atoms with E-state index in [1.807, 2.05) is 0 Å². The molecule has 0 bridgehead atoms. The smallest absolute Gasteiger partial charge is 0.312 e. The Morgan fingerprint density at radius 1 is 1.42 bits per heavy atom. The molecule has 1 aliphatic rings. The molecule has 66 valence electrons. The highest BCUT2D eigenvalue weighted by Crippen LogP contribution is 2.24. The van der Waals surface area contributed by atoms with Gasteiger partial charge in [0.15, 0.2) is 0 Å². The maximum Gasteiger partial charge on any atom is 0.312 e. The molecule has 0 radical (unpaired) electrons. The van der Waals surface area contributed by atoms with Crippen molar-refractivity contribution in [2.24, 2.45) is 11.8 Å². The van der Waals surface area contributed by atoms with E-state index in [-0.39, 0.29) is 11.9 Å². The molecule has 0 aromatic rings. The molecule has 0 aromatic heterocycles. The van der Waals surface area contributed by atoms with Crippen molar-refractivity contribution in [2.45, 2.75) is 6.42 Å². The van der Waals surface area contributed by atoms with Gasteiger partial charge in [-0.05, 0) is 6.42 Å². The van der Waals surface area contributed by atoms with Gasteiger partial charge in [-0.25, -0.2) is 0 Å². The summed E-state index contributed by atoms with van der Waals surface area (Å²) in [5.74, 6) is -2.17. The van der Waals surface area contributed by atoms with Crippen molar-refractivity contribution in [1.82, 2.24) is 0 Å². The number of hydrogen-bond acceptors (Lipinski definition) is 3. The van der Waals surface area contributed by atoms with E-state index in [0.717, 1.165) is 0 Å². The molecular weight excluding hydrogens is 160 g/mol. The van der Waals surface area contributed by atoms with E-state index >= 15 is 0 Å². The highest BCUT2D eigenvalue weighted by molar-refractivity contribution is 5.79. The van der Waals surface area contributed by atoms with Crippen LogP contribution in [-0.4, -0.2) is 24.2 Å². The zero-order valence-corrected chi connectivity index (χ0v) is 6.69. The van der Waals surface area contributed by atoms with E-state index < -0.39 is 11.9 Å². The van der Waals surface area contributed by atoms with Gasteiger partial charge >= 0.3 is 11.9 Å². The zero-order valence-electron chi connectivity index (χ0n) is 6.69. The molecule has 0 fully saturated rings. The Hall–Kier alpha value is -1.32. The van der Waals surface area contributed by atoms with Crippen LogP contribution in [0.1, 0.15) is 6.42 Å². The van der Waals surface area contributed by atoms with Gasteiger partial charge in [0.05, 0.1) is 18.9 Å². The Morgan fingerprint density at radius 2 is 2.00 bits per heavy atom. The number of carboxylic acid groups (broad SMARTS) is 1. The number of aliphatic carboxylic acids is 1. The van der Waals surface area contributed by atoms with Crippen molar-refractivity contribution in [2.75, 3.05) is 7.11 Å². The topological polar surface area (TPSA) is 63.6 Å². The molecule has 1 rings (SSSR count). The second-order valence-corrected chi connectivity index (χ2v) is 2.69. The summed E-state index contributed by atoms with van der Waals surface area (Å²) in [6.07, 6.45) is 3.44. The lowest BCUT2D eigenvalue weighted by atomic mass is 10.0. The monoisotopic (exact) mass is 170 g/mol. The lowest BCUT2D eigenvalue weighted by Gasteiger charge is -2.05. The first kappa shape index (κ1) is 8.77. The Kier molecular flexibility index (Phi) is 2.47. The standard InChI is InChI=1S/C8H10O4/c1-12-8(11)6-3-2-5(4-6)7(9)10/h2-3,5-6H,4H2,1H3,(H,9,10)/t5-,6+/m0/s1. The van der Waals surface area contributed by atoms with Gasteiger partial charge in [-0.1, -0.05) is 12.2 Å². The van der Waals surface area contributed by atoms with Crippen LogP contribution in [0.2, 0.25) is 0 Å².